The first kappa shape index (κ1) is 15.5. The van der Waals surface area contributed by atoms with E-state index in [-0.39, 0.29) is 18.4 Å². The van der Waals surface area contributed by atoms with Crippen LogP contribution in [0.25, 0.3) is 0 Å². The van der Waals surface area contributed by atoms with Gasteiger partial charge in [0, 0.05) is 39.8 Å². The Morgan fingerprint density at radius 2 is 2.06 bits per heavy atom. The van der Waals surface area contributed by atoms with Crippen molar-refractivity contribution in [1.82, 2.24) is 20.4 Å². The number of urea groups is 1. The number of nitrogens with one attached hydrogen (secondary N) is 2. The highest BCUT2D eigenvalue weighted by molar-refractivity contribution is 5.85. The molecule has 2 saturated heterocycles. The SMILES string of the molecule is CNC(=O)N1CCN(CC2CCCNC2)CC1.Cl. The second-order valence-electron chi connectivity index (χ2n) is 5.06. The van der Waals surface area contributed by atoms with Crippen LogP contribution < -0.4 is 10.6 Å². The van der Waals surface area contributed by atoms with Crippen LogP contribution in [0.4, 0.5) is 4.79 Å². The van der Waals surface area contributed by atoms with Crippen LogP contribution in [0.5, 0.6) is 0 Å². The first-order chi connectivity index (χ1) is 8.29. The number of carbonyl (C=O) groups excluding carboxylic acids is 1. The number of carbonyl (C=O) groups is 1. The van der Waals surface area contributed by atoms with E-state index in [9.17, 15) is 4.79 Å². The molecule has 0 aromatic heterocycles. The highest BCUT2D eigenvalue weighted by Crippen LogP contribution is 2.13. The minimum Gasteiger partial charge on any atom is -0.341 e. The maximum Gasteiger partial charge on any atom is 0.317 e. The third-order valence-corrected chi connectivity index (χ3v) is 3.79. The number of piperazine rings is 1. The first-order valence-electron chi connectivity index (χ1n) is 6.69. The fourth-order valence-electron chi connectivity index (χ4n) is 2.74. The van der Waals surface area contributed by atoms with Crippen molar-refractivity contribution in [3.63, 3.8) is 0 Å². The monoisotopic (exact) mass is 276 g/mol. The molecular formula is C12H25ClN4O. The Labute approximate surface area is 116 Å². The summed E-state index contributed by atoms with van der Waals surface area (Å²) in [6.45, 7) is 7.29. The molecule has 0 saturated carbocycles. The van der Waals surface area contributed by atoms with E-state index < -0.39 is 0 Å². The maximum atomic E-state index is 11.4. The van der Waals surface area contributed by atoms with Gasteiger partial charge in [0.1, 0.15) is 0 Å². The quantitative estimate of drug-likeness (QED) is 0.766. The van der Waals surface area contributed by atoms with E-state index in [0.29, 0.717) is 0 Å². The molecule has 0 bridgehead atoms. The standard InChI is InChI=1S/C12H24N4O.ClH/c1-13-12(17)16-7-5-15(6-8-16)10-11-3-2-4-14-9-11;/h11,14H,2-10H2,1H3,(H,13,17);1H. The number of hydrogen-bond donors (Lipinski definition) is 2. The van der Waals surface area contributed by atoms with E-state index in [0.717, 1.165) is 38.6 Å². The van der Waals surface area contributed by atoms with Crippen molar-refractivity contribution in [3.8, 4) is 0 Å². The van der Waals surface area contributed by atoms with Crippen LogP contribution in [0.15, 0.2) is 0 Å². The van der Waals surface area contributed by atoms with Gasteiger partial charge in [0.05, 0.1) is 0 Å². The van der Waals surface area contributed by atoms with Gasteiger partial charge in [-0.3, -0.25) is 4.90 Å². The zero-order chi connectivity index (χ0) is 12.1. The first-order valence-corrected chi connectivity index (χ1v) is 6.69. The molecule has 5 nitrogen and oxygen atoms in total. The van der Waals surface area contributed by atoms with E-state index in [1.165, 1.54) is 25.9 Å². The third-order valence-electron chi connectivity index (χ3n) is 3.79. The molecule has 2 fully saturated rings. The van der Waals surface area contributed by atoms with Crippen LogP contribution in [0.2, 0.25) is 0 Å². The Balaban J connectivity index is 0.00000162. The van der Waals surface area contributed by atoms with Crippen LogP contribution in [0.1, 0.15) is 12.8 Å². The number of amides is 2. The predicted octanol–water partition coefficient (Wildman–Crippen LogP) is 0.365. The second kappa shape index (κ2) is 7.81. The Hall–Kier alpha value is -0.520. The second-order valence-corrected chi connectivity index (χ2v) is 5.06. The highest BCUT2D eigenvalue weighted by Gasteiger charge is 2.23. The van der Waals surface area contributed by atoms with E-state index in [1.54, 1.807) is 7.05 Å². The Kier molecular flexibility index (Phi) is 6.75. The van der Waals surface area contributed by atoms with Crippen molar-refractivity contribution in [3.05, 3.63) is 0 Å². The summed E-state index contributed by atoms with van der Waals surface area (Å²) >= 11 is 0. The van der Waals surface area contributed by atoms with Crippen molar-refractivity contribution < 1.29 is 4.79 Å². The number of piperidine rings is 1. The van der Waals surface area contributed by atoms with Crippen LogP contribution in [0.3, 0.4) is 0 Å². The summed E-state index contributed by atoms with van der Waals surface area (Å²) in [6.07, 6.45) is 2.66. The molecule has 0 aliphatic carbocycles. The molecule has 2 aliphatic rings. The predicted molar refractivity (Wildman–Crippen MR) is 75.3 cm³/mol. The van der Waals surface area contributed by atoms with Gasteiger partial charge in [-0.15, -0.1) is 12.4 Å². The molecular weight excluding hydrogens is 252 g/mol. The zero-order valence-corrected chi connectivity index (χ0v) is 12.0. The summed E-state index contributed by atoms with van der Waals surface area (Å²) in [4.78, 5) is 15.8. The molecule has 2 aliphatic heterocycles. The normalized spacial score (nSPS) is 25.4. The minimum atomic E-state index is 0. The number of halogens is 1. The van der Waals surface area contributed by atoms with Gasteiger partial charge in [0.2, 0.25) is 0 Å². The molecule has 18 heavy (non-hydrogen) atoms. The van der Waals surface area contributed by atoms with Crippen molar-refractivity contribution in [2.45, 2.75) is 12.8 Å². The van der Waals surface area contributed by atoms with Gasteiger partial charge < -0.3 is 15.5 Å². The van der Waals surface area contributed by atoms with Gasteiger partial charge in [0.25, 0.3) is 0 Å². The Morgan fingerprint density at radius 3 is 2.61 bits per heavy atom. The molecule has 0 aromatic rings. The average molecular weight is 277 g/mol. The van der Waals surface area contributed by atoms with Crippen LogP contribution in [-0.2, 0) is 0 Å². The lowest BCUT2D eigenvalue weighted by Gasteiger charge is -2.37. The summed E-state index contributed by atoms with van der Waals surface area (Å²) in [7, 11) is 1.70. The molecule has 0 aromatic carbocycles. The summed E-state index contributed by atoms with van der Waals surface area (Å²) in [5, 5.41) is 6.15. The van der Waals surface area contributed by atoms with Crippen LogP contribution in [-0.4, -0.2) is 68.7 Å². The van der Waals surface area contributed by atoms with E-state index in [1.807, 2.05) is 4.90 Å². The molecule has 1 atom stereocenters. The fourth-order valence-corrected chi connectivity index (χ4v) is 2.74. The number of rotatable bonds is 2. The van der Waals surface area contributed by atoms with Gasteiger partial charge in [-0.25, -0.2) is 4.79 Å². The largest absolute Gasteiger partial charge is 0.341 e. The fraction of sp³-hybridized carbons (Fsp3) is 0.917. The third kappa shape index (κ3) is 4.30. The molecule has 2 N–H and O–H groups in total. The van der Waals surface area contributed by atoms with Crippen LogP contribution >= 0.6 is 12.4 Å². The van der Waals surface area contributed by atoms with Crippen molar-refractivity contribution in [1.29, 1.82) is 0 Å². The summed E-state index contributed by atoms with van der Waals surface area (Å²) < 4.78 is 0. The molecule has 6 heteroatoms. The topological polar surface area (TPSA) is 47.6 Å². The lowest BCUT2D eigenvalue weighted by molar-refractivity contribution is 0.123. The van der Waals surface area contributed by atoms with Gasteiger partial charge >= 0.3 is 6.03 Å². The molecule has 0 spiro atoms. The average Bonchev–Trinajstić information content (AvgIpc) is 2.40. The molecule has 2 heterocycles. The van der Waals surface area contributed by atoms with Gasteiger partial charge in [-0.05, 0) is 31.8 Å². The minimum absolute atomic E-state index is 0. The molecule has 2 amide bonds. The Bertz CT molecular complexity index is 250. The van der Waals surface area contributed by atoms with Crippen molar-refractivity contribution in [2.24, 2.45) is 5.92 Å². The summed E-state index contributed by atoms with van der Waals surface area (Å²) in [5.74, 6) is 0.801. The molecule has 2 rings (SSSR count). The molecule has 0 radical (unpaired) electrons. The summed E-state index contributed by atoms with van der Waals surface area (Å²) in [6, 6.07) is 0.0592. The smallest absolute Gasteiger partial charge is 0.317 e. The van der Waals surface area contributed by atoms with Gasteiger partial charge in [-0.1, -0.05) is 0 Å². The lowest BCUT2D eigenvalue weighted by Crippen LogP contribution is -2.52. The van der Waals surface area contributed by atoms with Gasteiger partial charge in [0.15, 0.2) is 0 Å². The maximum absolute atomic E-state index is 11.4. The van der Waals surface area contributed by atoms with Crippen LogP contribution in [0, 0.1) is 5.92 Å². The Morgan fingerprint density at radius 1 is 1.33 bits per heavy atom. The van der Waals surface area contributed by atoms with Crippen molar-refractivity contribution in [2.75, 3.05) is 52.9 Å². The number of nitrogens with zero attached hydrogens (tertiary/aromatic N) is 2. The zero-order valence-electron chi connectivity index (χ0n) is 11.2. The molecule has 1 unspecified atom stereocenters. The summed E-state index contributed by atoms with van der Waals surface area (Å²) in [5.41, 5.74) is 0. The van der Waals surface area contributed by atoms with Gasteiger partial charge in [-0.2, -0.15) is 0 Å². The highest BCUT2D eigenvalue weighted by atomic mass is 35.5. The van der Waals surface area contributed by atoms with E-state index >= 15 is 0 Å². The van der Waals surface area contributed by atoms with E-state index in [2.05, 4.69) is 15.5 Å². The van der Waals surface area contributed by atoms with Crippen molar-refractivity contribution >= 4 is 18.4 Å². The lowest BCUT2D eigenvalue weighted by atomic mass is 9.99. The number of hydrogen-bond acceptors (Lipinski definition) is 3. The molecule has 106 valence electrons. The van der Waals surface area contributed by atoms with E-state index in [4.69, 9.17) is 0 Å².